The van der Waals surface area contributed by atoms with Crippen molar-refractivity contribution in [2.24, 2.45) is 17.8 Å². The highest BCUT2D eigenvalue weighted by molar-refractivity contribution is 7.47. The first-order valence-corrected chi connectivity index (χ1v) is 41.3. The summed E-state index contributed by atoms with van der Waals surface area (Å²) in [5, 5.41) is 10.6. The van der Waals surface area contributed by atoms with E-state index in [-0.39, 0.29) is 25.7 Å². The second kappa shape index (κ2) is 64.7. The number of phosphoric ester groups is 2. The third-order valence-corrected chi connectivity index (χ3v) is 19.0. The van der Waals surface area contributed by atoms with Crippen molar-refractivity contribution in [3.8, 4) is 0 Å². The van der Waals surface area contributed by atoms with E-state index in [1.807, 2.05) is 0 Å². The minimum atomic E-state index is -4.96. The Hall–Kier alpha value is -1.94. The summed E-state index contributed by atoms with van der Waals surface area (Å²) in [4.78, 5) is 72.8. The lowest BCUT2D eigenvalue weighted by molar-refractivity contribution is -0.161. The number of phosphoric acid groups is 2. The number of hydrogen-bond donors (Lipinski definition) is 3. The molecule has 0 heterocycles. The van der Waals surface area contributed by atoms with Crippen molar-refractivity contribution >= 4 is 39.5 Å². The van der Waals surface area contributed by atoms with Crippen molar-refractivity contribution < 1.29 is 80.2 Å². The van der Waals surface area contributed by atoms with Crippen molar-refractivity contribution in [2.45, 2.75) is 394 Å². The number of esters is 4. The van der Waals surface area contributed by atoms with Gasteiger partial charge in [0.15, 0.2) is 12.2 Å². The van der Waals surface area contributed by atoms with Gasteiger partial charge in [0, 0.05) is 25.7 Å². The van der Waals surface area contributed by atoms with Crippen LogP contribution in [0.1, 0.15) is 376 Å². The van der Waals surface area contributed by atoms with Gasteiger partial charge in [-0.2, -0.15) is 0 Å². The first kappa shape index (κ1) is 91.1. The molecule has 0 aromatic carbocycles. The number of carbonyl (C=O) groups is 4. The number of rotatable bonds is 72. The molecule has 3 N–H and O–H groups in total. The Bertz CT molecular complexity index is 1820. The largest absolute Gasteiger partial charge is 0.472 e. The lowest BCUT2D eigenvalue weighted by Crippen LogP contribution is -2.30. The Morgan fingerprint density at radius 2 is 0.495 bits per heavy atom. The van der Waals surface area contributed by atoms with E-state index in [1.165, 1.54) is 186 Å². The lowest BCUT2D eigenvalue weighted by atomic mass is 10.0. The zero-order valence-electron chi connectivity index (χ0n) is 60.7. The minimum Gasteiger partial charge on any atom is -0.462 e. The third kappa shape index (κ3) is 68.4. The molecule has 0 aliphatic heterocycles. The molecule has 0 rings (SSSR count). The molecule has 93 heavy (non-hydrogen) atoms. The number of ether oxygens (including phenoxy) is 4. The molecule has 0 spiro atoms. The highest BCUT2D eigenvalue weighted by Gasteiger charge is 2.30. The molecule has 0 radical (unpaired) electrons. The van der Waals surface area contributed by atoms with Gasteiger partial charge in [-0.25, -0.2) is 9.13 Å². The monoisotopic (exact) mass is 1370 g/mol. The maximum atomic E-state index is 13.1. The van der Waals surface area contributed by atoms with Crippen LogP contribution in [0.25, 0.3) is 0 Å². The molecule has 0 bridgehead atoms. The van der Waals surface area contributed by atoms with Gasteiger partial charge >= 0.3 is 39.5 Å². The van der Waals surface area contributed by atoms with Crippen LogP contribution in [0.5, 0.6) is 0 Å². The summed E-state index contributed by atoms with van der Waals surface area (Å²) in [5.41, 5.74) is 0. The van der Waals surface area contributed by atoms with E-state index in [0.717, 1.165) is 108 Å². The zero-order chi connectivity index (χ0) is 68.7. The van der Waals surface area contributed by atoms with Crippen LogP contribution < -0.4 is 0 Å². The first-order valence-electron chi connectivity index (χ1n) is 38.3. The van der Waals surface area contributed by atoms with Crippen molar-refractivity contribution in [1.29, 1.82) is 0 Å². The Morgan fingerprint density at radius 3 is 0.731 bits per heavy atom. The van der Waals surface area contributed by atoms with Gasteiger partial charge in [-0.15, -0.1) is 0 Å². The van der Waals surface area contributed by atoms with E-state index < -0.39 is 97.5 Å². The number of hydrogen-bond acceptors (Lipinski definition) is 15. The first-order chi connectivity index (χ1) is 44.7. The number of unbranched alkanes of at least 4 members (excludes halogenated alkanes) is 40. The smallest absolute Gasteiger partial charge is 0.462 e. The number of aliphatic hydroxyl groups is 1. The Kier molecular flexibility index (Phi) is 63.4. The van der Waals surface area contributed by atoms with E-state index in [2.05, 4.69) is 48.5 Å². The SMILES string of the molecule is CCCCCCCCCCCCCCCCCC(=O)O[C@H](COC(=O)CCCCCCCCCCCCC(C)C)COP(=O)(O)OC[C@@H](O)COP(=O)(O)OC[C@@H](COC(=O)CCCCCCCCCCCC(C)C)OC(=O)CCCCCCCCCCCCC(C)C. The van der Waals surface area contributed by atoms with Gasteiger partial charge in [-0.05, 0) is 43.4 Å². The molecule has 0 saturated carbocycles. The fourth-order valence-corrected chi connectivity index (χ4v) is 12.8. The quantitative estimate of drug-likeness (QED) is 0.0222. The van der Waals surface area contributed by atoms with Gasteiger partial charge in [-0.3, -0.25) is 37.3 Å². The van der Waals surface area contributed by atoms with Crippen LogP contribution in [0.2, 0.25) is 0 Å². The average molecular weight is 1370 g/mol. The average Bonchev–Trinajstić information content (AvgIpc) is 3.61. The maximum Gasteiger partial charge on any atom is 0.472 e. The molecule has 552 valence electrons. The summed E-state index contributed by atoms with van der Waals surface area (Å²) >= 11 is 0. The van der Waals surface area contributed by atoms with Crippen LogP contribution in [0.15, 0.2) is 0 Å². The molecular weight excluding hydrogens is 1220 g/mol. The molecule has 19 heteroatoms. The van der Waals surface area contributed by atoms with Crippen LogP contribution in [0, 0.1) is 17.8 Å². The van der Waals surface area contributed by atoms with Crippen molar-refractivity contribution in [3.63, 3.8) is 0 Å². The molecule has 0 aliphatic rings. The molecule has 0 aliphatic carbocycles. The molecule has 0 saturated heterocycles. The Balaban J connectivity index is 5.27. The minimum absolute atomic E-state index is 0.105. The van der Waals surface area contributed by atoms with Crippen LogP contribution in [0.3, 0.4) is 0 Å². The Morgan fingerprint density at radius 1 is 0.290 bits per heavy atom. The molecule has 0 amide bonds. The molecule has 0 fully saturated rings. The fraction of sp³-hybridized carbons (Fsp3) is 0.946. The van der Waals surface area contributed by atoms with Gasteiger partial charge in [-0.1, -0.05) is 325 Å². The summed E-state index contributed by atoms with van der Waals surface area (Å²) in [6.07, 6.45) is 49.9. The number of carbonyl (C=O) groups excluding carboxylic acids is 4. The molecular formula is C74H144O17P2. The van der Waals surface area contributed by atoms with E-state index in [0.29, 0.717) is 25.7 Å². The standard InChI is InChI=1S/C74H144O17P2/c1-8-9-10-11-12-13-14-15-16-17-18-28-36-43-50-57-73(78)90-69(61-84-71(76)55-48-41-34-27-21-19-24-31-38-45-52-65(2)3)63-88-92(80,81)86-59-68(75)60-87-93(82,83)89-64-70(62-85-72(77)56-49-42-35-30-23-26-33-40-47-54-67(6)7)91-74(79)58-51-44-37-29-22-20-25-32-39-46-53-66(4)5/h65-70,75H,8-64H2,1-7H3,(H,80,81)(H,82,83)/t68-,69-,70-/m1/s1. The van der Waals surface area contributed by atoms with Gasteiger partial charge in [0.2, 0.25) is 0 Å². The van der Waals surface area contributed by atoms with Crippen LogP contribution in [0.4, 0.5) is 0 Å². The van der Waals surface area contributed by atoms with Crippen LogP contribution in [-0.4, -0.2) is 96.7 Å². The van der Waals surface area contributed by atoms with Crippen molar-refractivity contribution in [2.75, 3.05) is 39.6 Å². The predicted octanol–water partition coefficient (Wildman–Crippen LogP) is 21.4. The van der Waals surface area contributed by atoms with E-state index in [9.17, 15) is 43.2 Å². The summed E-state index contributed by atoms with van der Waals surface area (Å²) in [7, 11) is -9.91. The summed E-state index contributed by atoms with van der Waals surface area (Å²) in [6, 6.07) is 0. The van der Waals surface area contributed by atoms with Gasteiger partial charge in [0.1, 0.15) is 19.3 Å². The second-order valence-electron chi connectivity index (χ2n) is 28.1. The van der Waals surface area contributed by atoms with Crippen LogP contribution in [-0.2, 0) is 65.4 Å². The molecule has 17 nitrogen and oxygen atoms in total. The van der Waals surface area contributed by atoms with Gasteiger partial charge in [0.05, 0.1) is 26.4 Å². The van der Waals surface area contributed by atoms with E-state index >= 15 is 0 Å². The molecule has 2 unspecified atom stereocenters. The van der Waals surface area contributed by atoms with Gasteiger partial charge in [0.25, 0.3) is 0 Å². The summed E-state index contributed by atoms with van der Waals surface area (Å²) in [6.45, 7) is 11.9. The fourth-order valence-electron chi connectivity index (χ4n) is 11.2. The van der Waals surface area contributed by atoms with Crippen molar-refractivity contribution in [3.05, 3.63) is 0 Å². The maximum absolute atomic E-state index is 13.1. The summed E-state index contributed by atoms with van der Waals surface area (Å²) in [5.74, 6) is 0.135. The van der Waals surface area contributed by atoms with Crippen LogP contribution >= 0.6 is 15.6 Å². The van der Waals surface area contributed by atoms with Gasteiger partial charge < -0.3 is 33.8 Å². The lowest BCUT2D eigenvalue weighted by Gasteiger charge is -2.21. The normalized spacial score (nSPS) is 14.1. The molecule has 5 atom stereocenters. The highest BCUT2D eigenvalue weighted by Crippen LogP contribution is 2.45. The second-order valence-corrected chi connectivity index (χ2v) is 31.0. The topological polar surface area (TPSA) is 237 Å². The predicted molar refractivity (Wildman–Crippen MR) is 377 cm³/mol. The third-order valence-electron chi connectivity index (χ3n) is 17.1. The molecule has 0 aromatic heterocycles. The van der Waals surface area contributed by atoms with E-state index in [1.54, 1.807) is 0 Å². The number of aliphatic hydroxyl groups excluding tert-OH is 1. The van der Waals surface area contributed by atoms with Crippen molar-refractivity contribution in [1.82, 2.24) is 0 Å². The highest BCUT2D eigenvalue weighted by atomic mass is 31.2. The van der Waals surface area contributed by atoms with E-state index in [4.69, 9.17) is 37.0 Å². The molecule has 0 aromatic rings. The zero-order valence-corrected chi connectivity index (χ0v) is 62.5. The Labute approximate surface area is 568 Å². The summed E-state index contributed by atoms with van der Waals surface area (Å²) < 4.78 is 68.5.